The molecule has 0 radical (unpaired) electrons. The Morgan fingerprint density at radius 3 is 2.71 bits per heavy atom. The van der Waals surface area contributed by atoms with Gasteiger partial charge in [0, 0.05) is 31.2 Å². The predicted molar refractivity (Wildman–Crippen MR) is 85.9 cm³/mol. The van der Waals surface area contributed by atoms with Gasteiger partial charge in [-0.25, -0.2) is 0 Å². The number of benzene rings is 1. The molecule has 5 nitrogen and oxygen atoms in total. The number of morpholine rings is 1. The average Bonchev–Trinajstić information content (AvgIpc) is 2.48. The second-order valence-electron chi connectivity index (χ2n) is 5.30. The van der Waals surface area contributed by atoms with E-state index in [9.17, 15) is 0 Å². The molecule has 0 saturated carbocycles. The molecule has 21 heavy (non-hydrogen) atoms. The van der Waals surface area contributed by atoms with E-state index in [2.05, 4.69) is 20.8 Å². The molecule has 1 aromatic carbocycles. The Hall–Kier alpha value is -0.820. The van der Waals surface area contributed by atoms with Gasteiger partial charge < -0.3 is 19.9 Å². The van der Waals surface area contributed by atoms with E-state index in [1.165, 1.54) is 0 Å². The minimum atomic E-state index is 0.0362. The maximum Gasteiger partial charge on any atom is 0.133 e. The van der Waals surface area contributed by atoms with Gasteiger partial charge in [0.1, 0.15) is 11.5 Å². The lowest BCUT2D eigenvalue weighted by atomic mass is 10.1. The van der Waals surface area contributed by atoms with Crippen molar-refractivity contribution in [1.29, 1.82) is 0 Å². The number of ether oxygens (including phenoxy) is 3. The number of nitrogens with two attached hydrogens (primary N) is 1. The van der Waals surface area contributed by atoms with Gasteiger partial charge in [0.2, 0.25) is 0 Å². The van der Waals surface area contributed by atoms with E-state index in [1.54, 1.807) is 14.2 Å². The fraction of sp³-hybridized carbons (Fsp3) is 0.600. The van der Waals surface area contributed by atoms with Gasteiger partial charge in [-0.3, -0.25) is 4.90 Å². The zero-order chi connectivity index (χ0) is 15.4. The van der Waals surface area contributed by atoms with E-state index in [4.69, 9.17) is 19.9 Å². The van der Waals surface area contributed by atoms with Crippen LogP contribution in [-0.2, 0) is 11.3 Å². The second-order valence-corrected chi connectivity index (χ2v) is 6.16. The fourth-order valence-corrected chi connectivity index (χ4v) is 2.97. The maximum atomic E-state index is 5.94. The van der Waals surface area contributed by atoms with Crippen molar-refractivity contribution in [3.8, 4) is 11.5 Å². The van der Waals surface area contributed by atoms with Gasteiger partial charge >= 0.3 is 0 Å². The van der Waals surface area contributed by atoms with Crippen LogP contribution in [0.4, 0.5) is 0 Å². The summed E-state index contributed by atoms with van der Waals surface area (Å²) in [6.07, 6.45) is 0.0853. The summed E-state index contributed by atoms with van der Waals surface area (Å²) in [5.74, 6) is 1.66. The van der Waals surface area contributed by atoms with Crippen LogP contribution in [0.25, 0.3) is 0 Å². The summed E-state index contributed by atoms with van der Waals surface area (Å²) < 4.78 is 17.4. The van der Waals surface area contributed by atoms with Gasteiger partial charge in [-0.05, 0) is 35.0 Å². The van der Waals surface area contributed by atoms with E-state index in [0.29, 0.717) is 6.61 Å². The normalized spacial score (nSPS) is 21.1. The Kier molecular flexibility index (Phi) is 5.87. The van der Waals surface area contributed by atoms with Gasteiger partial charge in [-0.1, -0.05) is 0 Å². The third-order valence-corrected chi connectivity index (χ3v) is 4.33. The number of methoxy groups -OCH3 is 2. The molecule has 0 spiro atoms. The van der Waals surface area contributed by atoms with Crippen molar-refractivity contribution in [2.75, 3.05) is 33.9 Å². The first-order valence-corrected chi connectivity index (χ1v) is 7.84. The van der Waals surface area contributed by atoms with Crippen LogP contribution < -0.4 is 15.2 Å². The van der Waals surface area contributed by atoms with Crippen molar-refractivity contribution in [3.05, 3.63) is 22.2 Å². The quantitative estimate of drug-likeness (QED) is 0.872. The van der Waals surface area contributed by atoms with E-state index in [-0.39, 0.29) is 12.1 Å². The van der Waals surface area contributed by atoms with Gasteiger partial charge in [0.05, 0.1) is 31.4 Å². The Bertz CT molecular complexity index is 482. The lowest BCUT2D eigenvalue weighted by Crippen LogP contribution is -2.49. The highest BCUT2D eigenvalue weighted by molar-refractivity contribution is 9.10. The van der Waals surface area contributed by atoms with Crippen LogP contribution in [0.1, 0.15) is 12.5 Å². The minimum absolute atomic E-state index is 0.0362. The molecular weight excluding hydrogens is 336 g/mol. The molecule has 0 aromatic heterocycles. The van der Waals surface area contributed by atoms with Crippen LogP contribution in [0.2, 0.25) is 0 Å². The molecule has 1 heterocycles. The van der Waals surface area contributed by atoms with Crippen LogP contribution in [0.15, 0.2) is 16.6 Å². The summed E-state index contributed by atoms with van der Waals surface area (Å²) >= 11 is 3.48. The summed E-state index contributed by atoms with van der Waals surface area (Å²) in [5.41, 5.74) is 7.04. The predicted octanol–water partition coefficient (Wildman–Crippen LogP) is 2.01. The van der Waals surface area contributed by atoms with E-state index in [1.807, 2.05) is 19.1 Å². The van der Waals surface area contributed by atoms with Gasteiger partial charge in [-0.2, -0.15) is 0 Å². The summed E-state index contributed by atoms with van der Waals surface area (Å²) in [7, 11) is 3.35. The van der Waals surface area contributed by atoms with Crippen LogP contribution in [0.5, 0.6) is 11.5 Å². The Morgan fingerprint density at radius 2 is 2.10 bits per heavy atom. The highest BCUT2D eigenvalue weighted by atomic mass is 79.9. The summed E-state index contributed by atoms with van der Waals surface area (Å²) in [6.45, 7) is 5.21. The molecule has 6 heteroatoms. The highest BCUT2D eigenvalue weighted by Crippen LogP contribution is 2.33. The van der Waals surface area contributed by atoms with Crippen molar-refractivity contribution in [2.45, 2.75) is 25.6 Å². The zero-order valence-electron chi connectivity index (χ0n) is 12.8. The molecule has 0 aliphatic carbocycles. The van der Waals surface area contributed by atoms with Crippen LogP contribution >= 0.6 is 15.9 Å². The first-order chi connectivity index (χ1) is 10.0. The lowest BCUT2D eigenvalue weighted by molar-refractivity contribution is -0.0405. The van der Waals surface area contributed by atoms with E-state index >= 15 is 0 Å². The largest absolute Gasteiger partial charge is 0.496 e. The van der Waals surface area contributed by atoms with Crippen LogP contribution in [0, 0.1) is 0 Å². The molecule has 2 N–H and O–H groups in total. The second kappa shape index (κ2) is 7.45. The first kappa shape index (κ1) is 16.5. The minimum Gasteiger partial charge on any atom is -0.496 e. The van der Waals surface area contributed by atoms with Gasteiger partial charge in [0.15, 0.2) is 0 Å². The van der Waals surface area contributed by atoms with Crippen molar-refractivity contribution in [2.24, 2.45) is 5.73 Å². The number of hydrogen-bond donors (Lipinski definition) is 1. The summed E-state index contributed by atoms with van der Waals surface area (Å²) in [5, 5.41) is 0. The lowest BCUT2D eigenvalue weighted by Gasteiger charge is -2.35. The van der Waals surface area contributed by atoms with Crippen molar-refractivity contribution < 1.29 is 14.2 Å². The Balaban J connectivity index is 2.14. The molecule has 118 valence electrons. The number of halogens is 1. The third kappa shape index (κ3) is 4.10. The molecule has 1 aromatic rings. The maximum absolute atomic E-state index is 5.94. The molecule has 0 amide bonds. The summed E-state index contributed by atoms with van der Waals surface area (Å²) in [6, 6.07) is 3.99. The SMILES string of the molecule is COc1cc(CN2CCOC(C(C)N)C2)c(OC)cc1Br. The number of hydrogen-bond acceptors (Lipinski definition) is 5. The number of nitrogens with zero attached hydrogens (tertiary/aromatic N) is 1. The van der Waals surface area contributed by atoms with Gasteiger partial charge in [-0.15, -0.1) is 0 Å². The van der Waals surface area contributed by atoms with Gasteiger partial charge in [0.25, 0.3) is 0 Å². The molecule has 2 atom stereocenters. The number of rotatable bonds is 5. The third-order valence-electron chi connectivity index (χ3n) is 3.71. The van der Waals surface area contributed by atoms with Crippen molar-refractivity contribution >= 4 is 15.9 Å². The average molecular weight is 359 g/mol. The van der Waals surface area contributed by atoms with E-state index in [0.717, 1.165) is 41.2 Å². The molecular formula is C15H23BrN2O3. The Labute approximate surface area is 134 Å². The highest BCUT2D eigenvalue weighted by Gasteiger charge is 2.24. The van der Waals surface area contributed by atoms with Crippen LogP contribution in [0.3, 0.4) is 0 Å². The zero-order valence-corrected chi connectivity index (χ0v) is 14.4. The first-order valence-electron chi connectivity index (χ1n) is 7.05. The molecule has 0 bridgehead atoms. The topological polar surface area (TPSA) is 57.0 Å². The summed E-state index contributed by atoms with van der Waals surface area (Å²) in [4.78, 5) is 2.34. The fourth-order valence-electron chi connectivity index (χ4n) is 2.48. The monoisotopic (exact) mass is 358 g/mol. The molecule has 2 unspecified atom stereocenters. The molecule has 1 aliphatic rings. The molecule has 1 aliphatic heterocycles. The van der Waals surface area contributed by atoms with Crippen molar-refractivity contribution in [3.63, 3.8) is 0 Å². The standard InChI is InChI=1S/C15H23BrN2O3/c1-10(17)15-9-18(4-5-21-15)8-11-6-14(20-3)12(16)7-13(11)19-2/h6-7,10,15H,4-5,8-9,17H2,1-3H3. The Morgan fingerprint density at radius 1 is 1.38 bits per heavy atom. The van der Waals surface area contributed by atoms with Crippen LogP contribution in [-0.4, -0.2) is 51.0 Å². The van der Waals surface area contributed by atoms with E-state index < -0.39 is 0 Å². The smallest absolute Gasteiger partial charge is 0.133 e. The molecule has 2 rings (SSSR count). The molecule has 1 saturated heterocycles. The molecule has 1 fully saturated rings. The van der Waals surface area contributed by atoms with Crippen molar-refractivity contribution in [1.82, 2.24) is 4.90 Å².